The largest absolute Gasteiger partial charge is 0.103 e. The Morgan fingerprint density at radius 1 is 0.686 bits per heavy atom. The summed E-state index contributed by atoms with van der Waals surface area (Å²) in [6, 6.07) is 0. The molecule has 0 nitrogen and oxygen atoms in total. The van der Waals surface area contributed by atoms with Crippen molar-refractivity contribution in [2.75, 3.05) is 0 Å². The van der Waals surface area contributed by atoms with Crippen LogP contribution in [-0.4, -0.2) is 0 Å². The molecule has 4 fully saturated rings. The zero-order chi connectivity index (χ0) is 23.8. The summed E-state index contributed by atoms with van der Waals surface area (Å²) >= 11 is 0. The van der Waals surface area contributed by atoms with Crippen LogP contribution < -0.4 is 0 Å². The summed E-state index contributed by atoms with van der Waals surface area (Å²) < 4.78 is 0. The fraction of sp³-hybridized carbons (Fsp3) is 0.600. The van der Waals surface area contributed by atoms with E-state index in [1.54, 1.807) is 5.57 Å². The third-order valence-corrected chi connectivity index (χ3v) is 10.8. The van der Waals surface area contributed by atoms with Crippen LogP contribution in [0.15, 0.2) is 85.1 Å². The summed E-state index contributed by atoms with van der Waals surface area (Å²) in [7, 11) is 0. The highest BCUT2D eigenvalue weighted by Crippen LogP contribution is 2.52. The van der Waals surface area contributed by atoms with Gasteiger partial charge in [-0.05, 0) is 130 Å². The van der Waals surface area contributed by atoms with Crippen molar-refractivity contribution in [3.63, 3.8) is 0 Å². The van der Waals surface area contributed by atoms with Gasteiger partial charge >= 0.3 is 0 Å². The predicted molar refractivity (Wildman–Crippen MR) is 150 cm³/mol. The van der Waals surface area contributed by atoms with Gasteiger partial charge in [-0.1, -0.05) is 78.5 Å². The van der Waals surface area contributed by atoms with E-state index in [1.165, 1.54) is 57.8 Å². The molecular weight excluding hydrogens is 420 g/mol. The molecule has 4 saturated carbocycles. The maximum Gasteiger partial charge on any atom is -0.00174 e. The van der Waals surface area contributed by atoms with Gasteiger partial charge in [0.2, 0.25) is 0 Å². The Morgan fingerprint density at radius 2 is 1.43 bits per heavy atom. The molecule has 0 aromatic rings. The first-order valence-corrected chi connectivity index (χ1v) is 14.9. The minimum absolute atomic E-state index is 0.806. The lowest BCUT2D eigenvalue weighted by Crippen LogP contribution is -2.12. The van der Waals surface area contributed by atoms with Crippen LogP contribution in [0, 0.1) is 65.1 Å². The van der Waals surface area contributed by atoms with E-state index < -0.39 is 0 Å². The molecule has 0 aromatic heterocycles. The number of hydrogen-bond donors (Lipinski definition) is 0. The molecule has 186 valence electrons. The molecule has 9 aliphatic carbocycles. The Balaban J connectivity index is 0.0000000877. The molecule has 0 amide bonds. The average molecular weight is 467 g/mol. The van der Waals surface area contributed by atoms with E-state index >= 15 is 0 Å². The minimum atomic E-state index is 0.806. The topological polar surface area (TPSA) is 0 Å². The molecular formula is C35H46. The minimum Gasteiger partial charge on any atom is -0.103 e. The summed E-state index contributed by atoms with van der Waals surface area (Å²) in [4.78, 5) is 0. The molecule has 0 heteroatoms. The standard InChI is InChI=1S/C10H12.2C9H12.C7H10/c1-2-9-7-4-5-8(6-7)10(9)3-1;2*1-2-8-5-7-3-4-9(8)6-7;1-2-7-4-3-6(1)5-7/h1-2,4-5,7-10H,3,6H2;2-4,7,9H,5-6H2,1H3;2-4,7-9H,1,5-6H2;1-2,6-7H,3-5H2/b;8-2+;;. The highest BCUT2D eigenvalue weighted by Gasteiger charge is 2.44. The fourth-order valence-corrected chi connectivity index (χ4v) is 8.77. The molecule has 35 heavy (non-hydrogen) atoms. The van der Waals surface area contributed by atoms with Gasteiger partial charge in [-0.2, -0.15) is 0 Å². The normalized spacial score (nSPS) is 47.6. The van der Waals surface area contributed by atoms with Crippen molar-refractivity contribution in [1.82, 2.24) is 0 Å². The van der Waals surface area contributed by atoms with Crippen LogP contribution in [0.5, 0.6) is 0 Å². The Hall–Kier alpha value is -1.82. The lowest BCUT2D eigenvalue weighted by Gasteiger charge is -2.18. The number of rotatable bonds is 1. The van der Waals surface area contributed by atoms with Crippen molar-refractivity contribution in [3.8, 4) is 0 Å². The summed E-state index contributed by atoms with van der Waals surface area (Å²) in [5.74, 6) is 10.1. The first-order chi connectivity index (χ1) is 17.2. The van der Waals surface area contributed by atoms with Gasteiger partial charge in [-0.15, -0.1) is 6.58 Å². The summed E-state index contributed by atoms with van der Waals surface area (Å²) in [5.41, 5.74) is 1.67. The van der Waals surface area contributed by atoms with E-state index in [0.29, 0.717) is 0 Å². The second-order valence-electron chi connectivity index (χ2n) is 12.8. The quantitative estimate of drug-likeness (QED) is 0.338. The number of fused-ring (bicyclic) bond motifs is 11. The Kier molecular flexibility index (Phi) is 6.92. The van der Waals surface area contributed by atoms with Gasteiger partial charge in [0.15, 0.2) is 0 Å². The number of allylic oxidation sites excluding steroid dienone is 13. The van der Waals surface area contributed by atoms with E-state index in [1.807, 2.05) is 0 Å². The van der Waals surface area contributed by atoms with Crippen molar-refractivity contribution in [3.05, 3.63) is 85.1 Å². The van der Waals surface area contributed by atoms with Crippen molar-refractivity contribution in [2.45, 2.75) is 64.7 Å². The zero-order valence-electron chi connectivity index (χ0n) is 21.9. The van der Waals surface area contributed by atoms with Crippen LogP contribution in [0.2, 0.25) is 0 Å². The Morgan fingerprint density at radius 3 is 1.89 bits per heavy atom. The molecule has 9 aliphatic rings. The lowest BCUT2D eigenvalue weighted by molar-refractivity contribution is 0.398. The van der Waals surface area contributed by atoms with Gasteiger partial charge in [0, 0.05) is 0 Å². The monoisotopic (exact) mass is 466 g/mol. The number of hydrogen-bond acceptors (Lipinski definition) is 0. The Labute approximate surface area is 214 Å². The van der Waals surface area contributed by atoms with Crippen LogP contribution in [0.4, 0.5) is 0 Å². The maximum absolute atomic E-state index is 3.83. The average Bonchev–Trinajstić information content (AvgIpc) is 3.77. The summed E-state index contributed by atoms with van der Waals surface area (Å²) in [6.45, 7) is 5.98. The second kappa shape index (κ2) is 10.3. The molecule has 0 N–H and O–H groups in total. The van der Waals surface area contributed by atoms with Gasteiger partial charge in [-0.25, -0.2) is 0 Å². The van der Waals surface area contributed by atoms with Crippen molar-refractivity contribution in [1.29, 1.82) is 0 Å². The van der Waals surface area contributed by atoms with Gasteiger partial charge in [0.1, 0.15) is 0 Å². The smallest absolute Gasteiger partial charge is 0.00174 e. The first-order valence-electron chi connectivity index (χ1n) is 14.9. The molecule has 0 radical (unpaired) electrons. The van der Waals surface area contributed by atoms with E-state index in [4.69, 9.17) is 0 Å². The molecule has 0 heterocycles. The van der Waals surface area contributed by atoms with Crippen molar-refractivity contribution in [2.24, 2.45) is 65.1 Å². The summed E-state index contributed by atoms with van der Waals surface area (Å²) in [6.07, 6.45) is 41.1. The van der Waals surface area contributed by atoms with Crippen LogP contribution in [0.1, 0.15) is 64.7 Å². The molecule has 11 atom stereocenters. The third kappa shape index (κ3) is 4.92. The van der Waals surface area contributed by atoms with Gasteiger partial charge in [-0.3, -0.25) is 0 Å². The van der Waals surface area contributed by atoms with E-state index in [9.17, 15) is 0 Å². The predicted octanol–water partition coefficient (Wildman–Crippen LogP) is 9.27. The van der Waals surface area contributed by atoms with E-state index in [0.717, 1.165) is 65.1 Å². The van der Waals surface area contributed by atoms with Crippen LogP contribution >= 0.6 is 0 Å². The Bertz CT molecular complexity index is 941. The van der Waals surface area contributed by atoms with E-state index in [2.05, 4.69) is 86.4 Å². The third-order valence-electron chi connectivity index (χ3n) is 10.8. The van der Waals surface area contributed by atoms with E-state index in [-0.39, 0.29) is 0 Å². The zero-order valence-corrected chi connectivity index (χ0v) is 21.9. The first kappa shape index (κ1) is 23.6. The SMILES string of the molecule is C/C=C1\CC2C=CC1C2.C1=CC2C3C=CC(C3)C2C1.C1=CC2CCC1C2.C=CC1CC2C=CC1C2. The lowest BCUT2D eigenvalue weighted by atomic mass is 9.86. The van der Waals surface area contributed by atoms with Crippen LogP contribution in [0.3, 0.4) is 0 Å². The highest BCUT2D eigenvalue weighted by atomic mass is 14.5. The molecule has 0 spiro atoms. The molecule has 0 saturated heterocycles. The van der Waals surface area contributed by atoms with Gasteiger partial charge in [0.05, 0.1) is 0 Å². The molecule has 8 bridgehead atoms. The molecule has 0 aromatic carbocycles. The van der Waals surface area contributed by atoms with Crippen molar-refractivity contribution >= 4 is 0 Å². The molecule has 11 unspecified atom stereocenters. The highest BCUT2D eigenvalue weighted by molar-refractivity contribution is 5.26. The fourth-order valence-electron chi connectivity index (χ4n) is 8.77. The van der Waals surface area contributed by atoms with Crippen molar-refractivity contribution < 1.29 is 0 Å². The van der Waals surface area contributed by atoms with Gasteiger partial charge in [0.25, 0.3) is 0 Å². The molecule has 0 aliphatic heterocycles. The second-order valence-corrected chi connectivity index (χ2v) is 12.8. The summed E-state index contributed by atoms with van der Waals surface area (Å²) in [5, 5.41) is 0. The van der Waals surface area contributed by atoms with Crippen LogP contribution in [0.25, 0.3) is 0 Å². The van der Waals surface area contributed by atoms with Crippen LogP contribution in [-0.2, 0) is 0 Å². The molecule has 9 rings (SSSR count). The van der Waals surface area contributed by atoms with Gasteiger partial charge < -0.3 is 0 Å². The maximum atomic E-state index is 3.83.